The Balaban J connectivity index is 1.26. The number of hydrogen-bond donors (Lipinski definition) is 1. The van der Waals surface area contributed by atoms with E-state index < -0.39 is 18.5 Å². The van der Waals surface area contributed by atoms with Gasteiger partial charge in [0, 0.05) is 31.9 Å². The zero-order valence-electron chi connectivity index (χ0n) is 18.4. The van der Waals surface area contributed by atoms with Gasteiger partial charge in [0.15, 0.2) is 11.5 Å². The highest BCUT2D eigenvalue weighted by Crippen LogP contribution is 2.31. The zero-order chi connectivity index (χ0) is 24.3. The average molecular weight is 479 g/mol. The van der Waals surface area contributed by atoms with E-state index in [9.17, 15) is 22.8 Å². The Morgan fingerprint density at radius 1 is 1.03 bits per heavy atom. The molecule has 0 aromatic heterocycles. The fourth-order valence-electron chi connectivity index (χ4n) is 3.83. The second-order valence-electron chi connectivity index (χ2n) is 7.96. The molecule has 4 rings (SSSR count). The topological polar surface area (TPSA) is 80.3 Å². The van der Waals surface area contributed by atoms with Crippen molar-refractivity contribution in [3.63, 3.8) is 0 Å². The second-order valence-corrected chi connectivity index (χ2v) is 7.96. The number of alkyl halides is 3. The molecule has 2 aromatic carbocycles. The van der Waals surface area contributed by atoms with Crippen LogP contribution in [0.4, 0.5) is 18.9 Å². The monoisotopic (exact) mass is 479 g/mol. The maximum Gasteiger partial charge on any atom is 0.573 e. The molecule has 2 atom stereocenters. The Morgan fingerprint density at radius 3 is 2.32 bits per heavy atom. The van der Waals surface area contributed by atoms with Crippen LogP contribution in [-0.4, -0.2) is 72.9 Å². The summed E-state index contributed by atoms with van der Waals surface area (Å²) < 4.78 is 52.1. The van der Waals surface area contributed by atoms with Gasteiger partial charge in [-0.1, -0.05) is 12.1 Å². The molecule has 1 N–H and O–H groups in total. The van der Waals surface area contributed by atoms with Gasteiger partial charge >= 0.3 is 6.36 Å². The number of hydrogen-bond acceptors (Lipinski definition) is 6. The summed E-state index contributed by atoms with van der Waals surface area (Å²) in [5.74, 6) is 0.320. The molecule has 2 aliphatic heterocycles. The molecule has 0 spiro atoms. The molecular formula is C23H24F3N3O5. The number of carbonyl (C=O) groups excluding carboxylic acids is 2. The van der Waals surface area contributed by atoms with Gasteiger partial charge < -0.3 is 24.4 Å². The highest BCUT2D eigenvalue weighted by atomic mass is 19.4. The molecule has 8 nitrogen and oxygen atoms in total. The number of fused-ring (bicyclic) bond motifs is 1. The van der Waals surface area contributed by atoms with Crippen LogP contribution >= 0.6 is 0 Å². The number of piperazine rings is 1. The Morgan fingerprint density at radius 2 is 1.68 bits per heavy atom. The molecule has 0 bridgehead atoms. The van der Waals surface area contributed by atoms with Crippen molar-refractivity contribution in [3.8, 4) is 17.2 Å². The second kappa shape index (κ2) is 9.80. The fourth-order valence-corrected chi connectivity index (χ4v) is 3.83. The number of nitrogens with one attached hydrogen (secondary N) is 1. The zero-order valence-corrected chi connectivity index (χ0v) is 18.4. The van der Waals surface area contributed by atoms with Crippen LogP contribution in [0.5, 0.6) is 17.2 Å². The first-order valence-electron chi connectivity index (χ1n) is 10.8. The standard InChI is InChI=1S/C23H24F3N3O5/c1-15(21(30)27-16-6-8-17(9-7-16)34-23(24,25)26)28-10-12-29(13-11-28)22(31)20-14-32-18-4-2-3-5-19(18)33-20/h2-9,15,20H,10-14H2,1H3,(H,27,30). The molecule has 0 saturated carbocycles. The van der Waals surface area contributed by atoms with E-state index in [0.29, 0.717) is 43.4 Å². The Bertz CT molecular complexity index is 1020. The predicted molar refractivity (Wildman–Crippen MR) is 116 cm³/mol. The molecule has 0 aliphatic carbocycles. The highest BCUT2D eigenvalue weighted by Gasteiger charge is 2.34. The lowest BCUT2D eigenvalue weighted by molar-refractivity contribution is -0.274. The van der Waals surface area contributed by atoms with Gasteiger partial charge in [-0.25, -0.2) is 0 Å². The Labute approximate surface area is 194 Å². The van der Waals surface area contributed by atoms with Crippen molar-refractivity contribution < 1.29 is 37.0 Å². The van der Waals surface area contributed by atoms with E-state index in [1.807, 2.05) is 17.0 Å². The van der Waals surface area contributed by atoms with Gasteiger partial charge in [0.2, 0.25) is 12.0 Å². The summed E-state index contributed by atoms with van der Waals surface area (Å²) in [5, 5.41) is 2.69. The van der Waals surface area contributed by atoms with Gasteiger partial charge in [-0.3, -0.25) is 14.5 Å². The number of ether oxygens (including phenoxy) is 3. The minimum Gasteiger partial charge on any atom is -0.485 e. The summed E-state index contributed by atoms with van der Waals surface area (Å²) in [6.07, 6.45) is -5.49. The van der Waals surface area contributed by atoms with E-state index >= 15 is 0 Å². The third-order valence-electron chi connectivity index (χ3n) is 5.69. The van der Waals surface area contributed by atoms with Crippen LogP contribution in [0.1, 0.15) is 6.92 Å². The molecule has 1 fully saturated rings. The summed E-state index contributed by atoms with van der Waals surface area (Å²) in [4.78, 5) is 29.1. The summed E-state index contributed by atoms with van der Waals surface area (Å²) >= 11 is 0. The lowest BCUT2D eigenvalue weighted by Gasteiger charge is -2.39. The molecule has 11 heteroatoms. The number of benzene rings is 2. The molecule has 2 unspecified atom stereocenters. The van der Waals surface area contributed by atoms with E-state index in [-0.39, 0.29) is 24.2 Å². The highest BCUT2D eigenvalue weighted by molar-refractivity contribution is 5.94. The van der Waals surface area contributed by atoms with Gasteiger partial charge in [0.1, 0.15) is 12.4 Å². The molecular weight excluding hydrogens is 455 g/mol. The quantitative estimate of drug-likeness (QED) is 0.711. The SMILES string of the molecule is CC(C(=O)Nc1ccc(OC(F)(F)F)cc1)N1CCN(C(=O)C2COc3ccccc3O2)CC1. The van der Waals surface area contributed by atoms with Gasteiger partial charge in [0.05, 0.1) is 6.04 Å². The first-order valence-corrected chi connectivity index (χ1v) is 10.8. The largest absolute Gasteiger partial charge is 0.573 e. The number of carbonyl (C=O) groups is 2. The van der Waals surface area contributed by atoms with Gasteiger partial charge in [-0.05, 0) is 43.3 Å². The Hall–Kier alpha value is -3.47. The first-order chi connectivity index (χ1) is 16.2. The molecule has 182 valence electrons. The minimum absolute atomic E-state index is 0.141. The third kappa shape index (κ3) is 5.71. The molecule has 2 aliphatic rings. The van der Waals surface area contributed by atoms with Crippen molar-refractivity contribution in [1.29, 1.82) is 0 Å². The minimum atomic E-state index is -4.77. The van der Waals surface area contributed by atoms with Crippen LogP contribution in [-0.2, 0) is 9.59 Å². The van der Waals surface area contributed by atoms with Gasteiger partial charge in [-0.15, -0.1) is 13.2 Å². The summed E-state index contributed by atoms with van der Waals surface area (Å²) in [6, 6.07) is 11.6. The van der Waals surface area contributed by atoms with Crippen molar-refractivity contribution >= 4 is 17.5 Å². The van der Waals surface area contributed by atoms with Crippen molar-refractivity contribution in [2.24, 2.45) is 0 Å². The fraction of sp³-hybridized carbons (Fsp3) is 0.391. The third-order valence-corrected chi connectivity index (χ3v) is 5.69. The molecule has 2 aromatic rings. The van der Waals surface area contributed by atoms with Crippen molar-refractivity contribution in [3.05, 3.63) is 48.5 Å². The first kappa shape index (κ1) is 23.7. The number of nitrogens with zero attached hydrogens (tertiary/aromatic N) is 2. The molecule has 2 amide bonds. The van der Waals surface area contributed by atoms with Crippen LogP contribution in [0.2, 0.25) is 0 Å². The number of amides is 2. The van der Waals surface area contributed by atoms with Crippen molar-refractivity contribution in [1.82, 2.24) is 9.80 Å². The van der Waals surface area contributed by atoms with Crippen molar-refractivity contribution in [2.45, 2.75) is 25.4 Å². The van der Waals surface area contributed by atoms with E-state index in [0.717, 1.165) is 12.1 Å². The normalized spacial score (nSPS) is 19.3. The summed E-state index contributed by atoms with van der Waals surface area (Å²) in [7, 11) is 0. The maximum atomic E-state index is 12.9. The Kier molecular flexibility index (Phi) is 6.82. The van der Waals surface area contributed by atoms with Crippen molar-refractivity contribution in [2.75, 3.05) is 38.1 Å². The number of para-hydroxylation sites is 2. The van der Waals surface area contributed by atoms with E-state index in [1.165, 1.54) is 12.1 Å². The predicted octanol–water partition coefficient (Wildman–Crippen LogP) is 2.90. The van der Waals surface area contributed by atoms with Crippen LogP contribution in [0, 0.1) is 0 Å². The van der Waals surface area contributed by atoms with Crippen LogP contribution in [0.25, 0.3) is 0 Å². The van der Waals surface area contributed by atoms with E-state index in [1.54, 1.807) is 24.0 Å². The van der Waals surface area contributed by atoms with Crippen LogP contribution in [0.15, 0.2) is 48.5 Å². The van der Waals surface area contributed by atoms with E-state index in [4.69, 9.17) is 9.47 Å². The van der Waals surface area contributed by atoms with Crippen LogP contribution in [0.3, 0.4) is 0 Å². The lowest BCUT2D eigenvalue weighted by Crippen LogP contribution is -2.57. The summed E-state index contributed by atoms with van der Waals surface area (Å²) in [5.41, 5.74) is 0.356. The van der Waals surface area contributed by atoms with Gasteiger partial charge in [-0.2, -0.15) is 0 Å². The average Bonchev–Trinajstić information content (AvgIpc) is 2.83. The smallest absolute Gasteiger partial charge is 0.485 e. The molecule has 0 radical (unpaired) electrons. The lowest BCUT2D eigenvalue weighted by atomic mass is 10.2. The molecule has 1 saturated heterocycles. The molecule has 34 heavy (non-hydrogen) atoms. The summed E-state index contributed by atoms with van der Waals surface area (Å²) in [6.45, 7) is 3.72. The van der Waals surface area contributed by atoms with Crippen LogP contribution < -0.4 is 19.5 Å². The number of rotatable bonds is 5. The number of halogens is 3. The molecule has 2 heterocycles. The van der Waals surface area contributed by atoms with E-state index in [2.05, 4.69) is 10.1 Å². The van der Waals surface area contributed by atoms with Gasteiger partial charge in [0.25, 0.3) is 5.91 Å². The maximum absolute atomic E-state index is 12.9. The number of anilines is 1.